The van der Waals surface area contributed by atoms with Crippen molar-refractivity contribution in [1.82, 2.24) is 9.97 Å². The van der Waals surface area contributed by atoms with Gasteiger partial charge in [-0.1, -0.05) is 42.5 Å². The predicted octanol–water partition coefficient (Wildman–Crippen LogP) is 3.93. The van der Waals surface area contributed by atoms with Crippen LogP contribution in [0.1, 0.15) is 0 Å². The van der Waals surface area contributed by atoms with Gasteiger partial charge in [0.1, 0.15) is 18.0 Å². The van der Waals surface area contributed by atoms with Gasteiger partial charge in [0.15, 0.2) is 0 Å². The van der Waals surface area contributed by atoms with Gasteiger partial charge in [-0.15, -0.1) is 0 Å². The summed E-state index contributed by atoms with van der Waals surface area (Å²) in [6.07, 6.45) is 1.53. The zero-order chi connectivity index (χ0) is 14.5. The molecule has 4 nitrogen and oxygen atoms in total. The molecule has 2 aromatic carbocycles. The number of nitrogens with zero attached hydrogens (tertiary/aromatic N) is 2. The third kappa shape index (κ3) is 3.17. The van der Waals surface area contributed by atoms with Crippen LogP contribution in [0.5, 0.6) is 0 Å². The summed E-state index contributed by atoms with van der Waals surface area (Å²) >= 11 is 0. The molecule has 1 aromatic heterocycles. The number of aromatic nitrogens is 2. The fourth-order valence-electron chi connectivity index (χ4n) is 2.09. The van der Waals surface area contributed by atoms with E-state index in [1.165, 1.54) is 17.5 Å². The molecule has 0 saturated heterocycles. The van der Waals surface area contributed by atoms with Crippen LogP contribution < -0.4 is 10.6 Å². The Morgan fingerprint density at radius 3 is 2.14 bits per heavy atom. The molecule has 0 radical (unpaired) electrons. The highest BCUT2D eigenvalue weighted by molar-refractivity contribution is 5.67. The number of anilines is 3. The molecule has 1 heterocycles. The van der Waals surface area contributed by atoms with E-state index >= 15 is 0 Å². The van der Waals surface area contributed by atoms with Crippen molar-refractivity contribution < 1.29 is 0 Å². The first-order chi connectivity index (χ1) is 10.3. The van der Waals surface area contributed by atoms with E-state index in [0.717, 1.165) is 17.3 Å². The van der Waals surface area contributed by atoms with Gasteiger partial charge < -0.3 is 10.6 Å². The van der Waals surface area contributed by atoms with Crippen molar-refractivity contribution in [2.24, 2.45) is 0 Å². The fraction of sp³-hybridized carbons (Fsp3) is 0.0588. The van der Waals surface area contributed by atoms with E-state index in [0.29, 0.717) is 0 Å². The molecule has 104 valence electrons. The highest BCUT2D eigenvalue weighted by Gasteiger charge is 2.00. The van der Waals surface area contributed by atoms with Crippen LogP contribution in [-0.4, -0.2) is 17.0 Å². The van der Waals surface area contributed by atoms with Gasteiger partial charge in [-0.05, 0) is 23.3 Å². The summed E-state index contributed by atoms with van der Waals surface area (Å²) in [6.45, 7) is 0. The lowest BCUT2D eigenvalue weighted by atomic mass is 10.1. The SMILES string of the molecule is CNc1cc(Nc2ccc(-c3ccccc3)cc2)ncn1. The fourth-order valence-corrected chi connectivity index (χ4v) is 2.09. The lowest BCUT2D eigenvalue weighted by molar-refractivity contribution is 1.16. The Balaban J connectivity index is 1.78. The van der Waals surface area contributed by atoms with Crippen molar-refractivity contribution in [3.63, 3.8) is 0 Å². The molecule has 0 atom stereocenters. The van der Waals surface area contributed by atoms with Gasteiger partial charge in [0.05, 0.1) is 0 Å². The summed E-state index contributed by atoms with van der Waals surface area (Å²) < 4.78 is 0. The van der Waals surface area contributed by atoms with E-state index in [-0.39, 0.29) is 0 Å². The molecular weight excluding hydrogens is 260 g/mol. The first-order valence-corrected chi connectivity index (χ1v) is 6.77. The summed E-state index contributed by atoms with van der Waals surface area (Å²) in [7, 11) is 1.83. The van der Waals surface area contributed by atoms with Crippen LogP contribution in [0.2, 0.25) is 0 Å². The van der Waals surface area contributed by atoms with E-state index in [1.54, 1.807) is 0 Å². The maximum absolute atomic E-state index is 4.20. The molecule has 0 fully saturated rings. The molecule has 4 heteroatoms. The van der Waals surface area contributed by atoms with Crippen LogP contribution in [0.25, 0.3) is 11.1 Å². The zero-order valence-electron chi connectivity index (χ0n) is 11.7. The third-order valence-electron chi connectivity index (χ3n) is 3.19. The summed E-state index contributed by atoms with van der Waals surface area (Å²) in [5, 5.41) is 6.26. The number of nitrogens with one attached hydrogen (secondary N) is 2. The van der Waals surface area contributed by atoms with Crippen LogP contribution in [0, 0.1) is 0 Å². The highest BCUT2D eigenvalue weighted by atomic mass is 15.1. The van der Waals surface area contributed by atoms with Crippen molar-refractivity contribution >= 4 is 17.3 Å². The van der Waals surface area contributed by atoms with Crippen LogP contribution in [0.15, 0.2) is 67.0 Å². The molecule has 0 aliphatic carbocycles. The van der Waals surface area contributed by atoms with Gasteiger partial charge >= 0.3 is 0 Å². The topological polar surface area (TPSA) is 49.8 Å². The Morgan fingerprint density at radius 2 is 1.43 bits per heavy atom. The first-order valence-electron chi connectivity index (χ1n) is 6.77. The van der Waals surface area contributed by atoms with E-state index in [4.69, 9.17) is 0 Å². The van der Waals surface area contributed by atoms with Crippen molar-refractivity contribution in [3.8, 4) is 11.1 Å². The van der Waals surface area contributed by atoms with Gasteiger partial charge in [-0.3, -0.25) is 0 Å². The molecule has 3 aromatic rings. The standard InChI is InChI=1S/C17H16N4/c1-18-16-11-17(20-12-19-16)21-15-9-7-14(8-10-15)13-5-3-2-4-6-13/h2-12H,1H3,(H2,18,19,20,21). The molecule has 0 unspecified atom stereocenters. The maximum atomic E-state index is 4.20. The van der Waals surface area contributed by atoms with Crippen molar-refractivity contribution in [2.75, 3.05) is 17.7 Å². The van der Waals surface area contributed by atoms with Gasteiger partial charge in [0, 0.05) is 18.8 Å². The Labute approximate surface area is 123 Å². The normalized spacial score (nSPS) is 10.1. The zero-order valence-corrected chi connectivity index (χ0v) is 11.7. The van der Waals surface area contributed by atoms with E-state index in [9.17, 15) is 0 Å². The minimum Gasteiger partial charge on any atom is -0.373 e. The summed E-state index contributed by atoms with van der Waals surface area (Å²) in [6, 6.07) is 20.5. The molecule has 0 amide bonds. The third-order valence-corrected chi connectivity index (χ3v) is 3.19. The molecule has 0 spiro atoms. The smallest absolute Gasteiger partial charge is 0.135 e. The molecule has 3 rings (SSSR count). The summed E-state index contributed by atoms with van der Waals surface area (Å²) in [5.41, 5.74) is 3.40. The minimum atomic E-state index is 0.766. The number of rotatable bonds is 4. The second-order valence-electron chi connectivity index (χ2n) is 4.61. The van der Waals surface area contributed by atoms with E-state index in [2.05, 4.69) is 44.9 Å². The second kappa shape index (κ2) is 6.05. The van der Waals surface area contributed by atoms with Gasteiger partial charge in [-0.2, -0.15) is 0 Å². The van der Waals surface area contributed by atoms with E-state index < -0.39 is 0 Å². The molecule has 0 aliphatic heterocycles. The number of hydrogen-bond acceptors (Lipinski definition) is 4. The summed E-state index contributed by atoms with van der Waals surface area (Å²) in [5.74, 6) is 1.55. The average Bonchev–Trinajstić information content (AvgIpc) is 2.56. The molecule has 21 heavy (non-hydrogen) atoms. The van der Waals surface area contributed by atoms with Crippen LogP contribution >= 0.6 is 0 Å². The number of hydrogen-bond donors (Lipinski definition) is 2. The second-order valence-corrected chi connectivity index (χ2v) is 4.61. The quantitative estimate of drug-likeness (QED) is 0.758. The number of benzene rings is 2. The average molecular weight is 276 g/mol. The van der Waals surface area contributed by atoms with Gasteiger partial charge in [0.25, 0.3) is 0 Å². The molecule has 0 aliphatic rings. The highest BCUT2D eigenvalue weighted by Crippen LogP contribution is 2.22. The molecule has 2 N–H and O–H groups in total. The van der Waals surface area contributed by atoms with Gasteiger partial charge in [-0.25, -0.2) is 9.97 Å². The molecule has 0 bridgehead atoms. The van der Waals surface area contributed by atoms with Crippen LogP contribution in [0.4, 0.5) is 17.3 Å². The largest absolute Gasteiger partial charge is 0.373 e. The molecular formula is C17H16N4. The van der Waals surface area contributed by atoms with Crippen molar-refractivity contribution in [3.05, 3.63) is 67.0 Å². The maximum Gasteiger partial charge on any atom is 0.135 e. The Kier molecular flexibility index (Phi) is 3.78. The Bertz CT molecular complexity index is 708. The lowest BCUT2D eigenvalue weighted by Crippen LogP contribution is -1.97. The molecule has 0 saturated carbocycles. The van der Waals surface area contributed by atoms with Crippen molar-refractivity contribution in [2.45, 2.75) is 0 Å². The minimum absolute atomic E-state index is 0.766. The van der Waals surface area contributed by atoms with E-state index in [1.807, 2.05) is 43.4 Å². The van der Waals surface area contributed by atoms with Crippen molar-refractivity contribution in [1.29, 1.82) is 0 Å². The lowest BCUT2D eigenvalue weighted by Gasteiger charge is -2.08. The van der Waals surface area contributed by atoms with Crippen LogP contribution in [-0.2, 0) is 0 Å². The monoisotopic (exact) mass is 276 g/mol. The van der Waals surface area contributed by atoms with Crippen LogP contribution in [0.3, 0.4) is 0 Å². The predicted molar refractivity (Wildman–Crippen MR) is 86.7 cm³/mol. The Hall–Kier alpha value is -2.88. The Morgan fingerprint density at radius 1 is 0.762 bits per heavy atom. The van der Waals surface area contributed by atoms with Gasteiger partial charge in [0.2, 0.25) is 0 Å². The first kappa shape index (κ1) is 13.1. The summed E-state index contributed by atoms with van der Waals surface area (Å²) in [4.78, 5) is 8.29.